The molecule has 0 aliphatic heterocycles. The van der Waals surface area contributed by atoms with E-state index in [1.807, 2.05) is 6.07 Å². The molecule has 1 aromatic carbocycles. The molecular weight excluding hydrogens is 228 g/mol. The molecule has 98 valence electrons. The Morgan fingerprint density at radius 3 is 3.11 bits per heavy atom. The normalized spacial score (nSPS) is 18.2. The van der Waals surface area contributed by atoms with Crippen molar-refractivity contribution in [2.24, 2.45) is 5.73 Å². The van der Waals surface area contributed by atoms with E-state index in [1.165, 1.54) is 11.1 Å². The molecule has 1 aliphatic carbocycles. The van der Waals surface area contributed by atoms with Gasteiger partial charge in [0.05, 0.1) is 6.10 Å². The zero-order chi connectivity index (χ0) is 12.8. The summed E-state index contributed by atoms with van der Waals surface area (Å²) < 4.78 is 5.72. The summed E-state index contributed by atoms with van der Waals surface area (Å²) in [5.74, 6) is -0.0940. The molecular formula is C14H20N2O2. The Morgan fingerprint density at radius 2 is 2.28 bits per heavy atom. The van der Waals surface area contributed by atoms with Crippen molar-refractivity contribution in [2.75, 3.05) is 19.7 Å². The highest BCUT2D eigenvalue weighted by molar-refractivity contribution is 5.77. The Bertz CT molecular complexity index is 407. The standard InChI is InChI=1S/C14H20N2O2/c15-8-9-16-14(17)10-18-13-7-3-5-11-4-1-2-6-12(11)13/h1-2,4,6,13H,3,5,7-10,15H2,(H,16,17). The van der Waals surface area contributed by atoms with Gasteiger partial charge in [0.15, 0.2) is 0 Å². The summed E-state index contributed by atoms with van der Waals surface area (Å²) in [4.78, 5) is 11.5. The number of carbonyl (C=O) groups excluding carboxylic acids is 1. The number of benzene rings is 1. The molecule has 0 spiro atoms. The summed E-state index contributed by atoms with van der Waals surface area (Å²) in [7, 11) is 0. The van der Waals surface area contributed by atoms with E-state index >= 15 is 0 Å². The van der Waals surface area contributed by atoms with Crippen molar-refractivity contribution in [1.82, 2.24) is 5.32 Å². The topological polar surface area (TPSA) is 64.3 Å². The summed E-state index contributed by atoms with van der Waals surface area (Å²) in [6.45, 7) is 1.07. The molecule has 0 saturated carbocycles. The van der Waals surface area contributed by atoms with Gasteiger partial charge in [-0.15, -0.1) is 0 Å². The molecule has 1 amide bonds. The lowest BCUT2D eigenvalue weighted by atomic mass is 9.89. The van der Waals surface area contributed by atoms with Gasteiger partial charge in [0.25, 0.3) is 0 Å². The van der Waals surface area contributed by atoms with Crippen LogP contribution in [0.15, 0.2) is 24.3 Å². The van der Waals surface area contributed by atoms with E-state index in [0.29, 0.717) is 13.1 Å². The van der Waals surface area contributed by atoms with E-state index in [2.05, 4.69) is 23.5 Å². The van der Waals surface area contributed by atoms with Crippen LogP contribution in [-0.4, -0.2) is 25.6 Å². The van der Waals surface area contributed by atoms with Gasteiger partial charge in [0.1, 0.15) is 6.61 Å². The smallest absolute Gasteiger partial charge is 0.246 e. The third-order valence-electron chi connectivity index (χ3n) is 3.20. The molecule has 0 saturated heterocycles. The van der Waals surface area contributed by atoms with Crippen LogP contribution >= 0.6 is 0 Å². The summed E-state index contributed by atoms with van der Waals surface area (Å²) in [5.41, 5.74) is 7.90. The average Bonchev–Trinajstić information content (AvgIpc) is 2.42. The van der Waals surface area contributed by atoms with Crippen molar-refractivity contribution < 1.29 is 9.53 Å². The molecule has 0 radical (unpaired) electrons. The number of aryl methyl sites for hydroxylation is 1. The molecule has 4 heteroatoms. The fraction of sp³-hybridized carbons (Fsp3) is 0.500. The van der Waals surface area contributed by atoms with E-state index < -0.39 is 0 Å². The molecule has 1 unspecified atom stereocenters. The van der Waals surface area contributed by atoms with E-state index in [0.717, 1.165) is 19.3 Å². The average molecular weight is 248 g/mol. The second-order valence-corrected chi connectivity index (χ2v) is 4.53. The number of hydrogen-bond acceptors (Lipinski definition) is 3. The Labute approximate surface area is 108 Å². The first-order chi connectivity index (χ1) is 8.81. The molecule has 0 bridgehead atoms. The van der Waals surface area contributed by atoms with Gasteiger partial charge in [-0.1, -0.05) is 24.3 Å². The van der Waals surface area contributed by atoms with Crippen LogP contribution in [0.5, 0.6) is 0 Å². The molecule has 1 aromatic rings. The van der Waals surface area contributed by atoms with E-state index in [4.69, 9.17) is 10.5 Å². The van der Waals surface area contributed by atoms with Crippen molar-refractivity contribution in [1.29, 1.82) is 0 Å². The molecule has 4 nitrogen and oxygen atoms in total. The predicted octanol–water partition coefficient (Wildman–Crippen LogP) is 1.16. The second-order valence-electron chi connectivity index (χ2n) is 4.53. The van der Waals surface area contributed by atoms with E-state index in [-0.39, 0.29) is 18.6 Å². The lowest BCUT2D eigenvalue weighted by Gasteiger charge is -2.25. The molecule has 1 atom stereocenters. The fourth-order valence-electron chi connectivity index (χ4n) is 2.32. The third-order valence-corrected chi connectivity index (χ3v) is 3.20. The van der Waals surface area contributed by atoms with Crippen LogP contribution in [0.2, 0.25) is 0 Å². The van der Waals surface area contributed by atoms with Crippen molar-refractivity contribution in [2.45, 2.75) is 25.4 Å². The second kappa shape index (κ2) is 6.52. The molecule has 0 aromatic heterocycles. The molecule has 3 N–H and O–H groups in total. The highest BCUT2D eigenvalue weighted by atomic mass is 16.5. The maximum Gasteiger partial charge on any atom is 0.246 e. The number of ether oxygens (including phenoxy) is 1. The van der Waals surface area contributed by atoms with Crippen LogP contribution in [0.4, 0.5) is 0 Å². The number of fused-ring (bicyclic) bond motifs is 1. The van der Waals surface area contributed by atoms with Gasteiger partial charge in [-0.05, 0) is 30.4 Å². The SMILES string of the molecule is NCCNC(=O)COC1CCCc2ccccc21. The van der Waals surface area contributed by atoms with Gasteiger partial charge in [-0.2, -0.15) is 0 Å². The first-order valence-electron chi connectivity index (χ1n) is 6.47. The first kappa shape index (κ1) is 13.1. The van der Waals surface area contributed by atoms with Gasteiger partial charge in [-0.3, -0.25) is 4.79 Å². The van der Waals surface area contributed by atoms with Gasteiger partial charge in [0.2, 0.25) is 5.91 Å². The molecule has 2 rings (SSSR count). The number of hydrogen-bond donors (Lipinski definition) is 2. The van der Waals surface area contributed by atoms with Gasteiger partial charge >= 0.3 is 0 Å². The van der Waals surface area contributed by atoms with Gasteiger partial charge in [0, 0.05) is 13.1 Å². The van der Waals surface area contributed by atoms with E-state index in [9.17, 15) is 4.79 Å². The van der Waals surface area contributed by atoms with Gasteiger partial charge < -0.3 is 15.8 Å². The Balaban J connectivity index is 1.89. The van der Waals surface area contributed by atoms with Crippen molar-refractivity contribution >= 4 is 5.91 Å². The number of nitrogens with one attached hydrogen (secondary N) is 1. The van der Waals surface area contributed by atoms with Crippen LogP contribution in [0, 0.1) is 0 Å². The quantitative estimate of drug-likeness (QED) is 0.821. The molecule has 18 heavy (non-hydrogen) atoms. The molecule has 0 fully saturated rings. The minimum atomic E-state index is -0.0940. The zero-order valence-corrected chi connectivity index (χ0v) is 10.5. The summed E-state index contributed by atoms with van der Waals surface area (Å²) in [6.07, 6.45) is 3.27. The van der Waals surface area contributed by atoms with Crippen molar-refractivity contribution in [3.05, 3.63) is 35.4 Å². The fourth-order valence-corrected chi connectivity index (χ4v) is 2.32. The molecule has 0 heterocycles. The third kappa shape index (κ3) is 3.31. The Hall–Kier alpha value is -1.39. The van der Waals surface area contributed by atoms with Crippen molar-refractivity contribution in [3.8, 4) is 0 Å². The summed E-state index contributed by atoms with van der Waals surface area (Å²) >= 11 is 0. The lowest BCUT2D eigenvalue weighted by molar-refractivity contribution is -0.128. The number of carbonyl (C=O) groups is 1. The highest BCUT2D eigenvalue weighted by Crippen LogP contribution is 2.31. The van der Waals surface area contributed by atoms with Crippen LogP contribution in [0.25, 0.3) is 0 Å². The van der Waals surface area contributed by atoms with Crippen LogP contribution in [0.1, 0.15) is 30.1 Å². The van der Waals surface area contributed by atoms with Crippen LogP contribution < -0.4 is 11.1 Å². The number of nitrogens with two attached hydrogens (primary N) is 1. The monoisotopic (exact) mass is 248 g/mol. The molecule has 1 aliphatic rings. The Morgan fingerprint density at radius 1 is 1.44 bits per heavy atom. The van der Waals surface area contributed by atoms with Crippen LogP contribution in [-0.2, 0) is 16.0 Å². The minimum absolute atomic E-state index is 0.0542. The maximum atomic E-state index is 11.5. The number of amides is 1. The first-order valence-corrected chi connectivity index (χ1v) is 6.47. The van der Waals surface area contributed by atoms with Crippen molar-refractivity contribution in [3.63, 3.8) is 0 Å². The summed E-state index contributed by atoms with van der Waals surface area (Å²) in [6, 6.07) is 8.31. The zero-order valence-electron chi connectivity index (χ0n) is 10.5. The largest absolute Gasteiger partial charge is 0.364 e. The van der Waals surface area contributed by atoms with E-state index in [1.54, 1.807) is 0 Å². The summed E-state index contributed by atoms with van der Waals surface area (Å²) in [5, 5.41) is 2.71. The number of rotatable bonds is 5. The lowest BCUT2D eigenvalue weighted by Crippen LogP contribution is -2.32. The maximum absolute atomic E-state index is 11.5. The predicted molar refractivity (Wildman–Crippen MR) is 70.1 cm³/mol. The van der Waals surface area contributed by atoms with Crippen LogP contribution in [0.3, 0.4) is 0 Å². The minimum Gasteiger partial charge on any atom is -0.364 e. The highest BCUT2D eigenvalue weighted by Gasteiger charge is 2.20. The van der Waals surface area contributed by atoms with Gasteiger partial charge in [-0.25, -0.2) is 0 Å². The Kier molecular flexibility index (Phi) is 4.73.